The maximum Gasteiger partial charge on any atom is 0.107 e. The van der Waals surface area contributed by atoms with Gasteiger partial charge in [0.15, 0.2) is 0 Å². The van der Waals surface area contributed by atoms with Gasteiger partial charge >= 0.3 is 0 Å². The van der Waals surface area contributed by atoms with Gasteiger partial charge in [-0.25, -0.2) is 4.98 Å². The number of aliphatic hydroxyl groups excluding tert-OH is 1. The van der Waals surface area contributed by atoms with E-state index in [9.17, 15) is 5.11 Å². The van der Waals surface area contributed by atoms with E-state index in [0.29, 0.717) is 0 Å². The number of aromatic nitrogens is 1. The normalized spacial score (nSPS) is 26.9. The van der Waals surface area contributed by atoms with Crippen LogP contribution in [0.3, 0.4) is 0 Å². The van der Waals surface area contributed by atoms with Crippen LogP contribution in [0.1, 0.15) is 18.9 Å². The minimum absolute atomic E-state index is 0.0251. The first-order valence-corrected chi connectivity index (χ1v) is 5.75. The van der Waals surface area contributed by atoms with Crippen LogP contribution in [0.5, 0.6) is 0 Å². The van der Waals surface area contributed by atoms with Crippen molar-refractivity contribution in [1.29, 1.82) is 0 Å². The van der Waals surface area contributed by atoms with Crippen LogP contribution >= 0.6 is 11.3 Å². The topological polar surface area (TPSA) is 36.4 Å². The van der Waals surface area contributed by atoms with Gasteiger partial charge in [0.1, 0.15) is 5.01 Å². The smallest absolute Gasteiger partial charge is 0.107 e. The Bertz CT molecular complexity index is 297. The zero-order chi connectivity index (χ0) is 10.2. The molecule has 2 rings (SSSR count). The van der Waals surface area contributed by atoms with Crippen LogP contribution in [-0.4, -0.2) is 34.2 Å². The number of hydrogen-bond acceptors (Lipinski definition) is 4. The number of likely N-dealkylation sites (tertiary alicyclic amines) is 1. The van der Waals surface area contributed by atoms with Crippen LogP contribution in [0.2, 0.25) is 0 Å². The largest absolute Gasteiger partial charge is 0.391 e. The zero-order valence-electron chi connectivity index (χ0n) is 8.60. The fourth-order valence-electron chi connectivity index (χ4n) is 1.88. The lowest BCUT2D eigenvalue weighted by atomic mass is 9.90. The number of β-amino-alcohol motifs (C(OH)–C–C–N with tert-alkyl or cyclic N) is 1. The molecule has 1 aliphatic heterocycles. The van der Waals surface area contributed by atoms with E-state index < -0.39 is 0 Å². The van der Waals surface area contributed by atoms with Crippen molar-refractivity contribution in [3.05, 3.63) is 16.6 Å². The minimum Gasteiger partial charge on any atom is -0.391 e. The maximum absolute atomic E-state index is 9.80. The van der Waals surface area contributed by atoms with E-state index in [0.717, 1.165) is 24.6 Å². The van der Waals surface area contributed by atoms with Crippen LogP contribution in [0.25, 0.3) is 0 Å². The summed E-state index contributed by atoms with van der Waals surface area (Å²) in [6.07, 6.45) is 1.62. The average Bonchev–Trinajstić information content (AvgIpc) is 2.62. The summed E-state index contributed by atoms with van der Waals surface area (Å²) in [6.45, 7) is 6.82. The highest BCUT2D eigenvalue weighted by atomic mass is 32.1. The maximum atomic E-state index is 9.80. The summed E-state index contributed by atoms with van der Waals surface area (Å²) in [5.41, 5.74) is 0.0251. The molecule has 0 aliphatic carbocycles. The van der Waals surface area contributed by atoms with Gasteiger partial charge in [-0.15, -0.1) is 11.3 Å². The van der Waals surface area contributed by atoms with Gasteiger partial charge in [0.05, 0.1) is 12.6 Å². The molecule has 0 saturated carbocycles. The quantitative estimate of drug-likeness (QED) is 0.804. The summed E-state index contributed by atoms with van der Waals surface area (Å²) in [4.78, 5) is 6.52. The Morgan fingerprint density at radius 3 is 3.00 bits per heavy atom. The Kier molecular flexibility index (Phi) is 2.60. The summed E-state index contributed by atoms with van der Waals surface area (Å²) in [6, 6.07) is 0. The van der Waals surface area contributed by atoms with Crippen molar-refractivity contribution in [2.24, 2.45) is 5.41 Å². The second-order valence-corrected chi connectivity index (χ2v) is 5.58. The van der Waals surface area contributed by atoms with E-state index >= 15 is 0 Å². The Balaban J connectivity index is 1.96. The molecular weight excluding hydrogens is 196 g/mol. The van der Waals surface area contributed by atoms with Crippen molar-refractivity contribution < 1.29 is 5.11 Å². The molecule has 1 saturated heterocycles. The molecule has 78 valence electrons. The van der Waals surface area contributed by atoms with Crippen molar-refractivity contribution in [3.63, 3.8) is 0 Å². The first-order chi connectivity index (χ1) is 6.58. The minimum atomic E-state index is -0.206. The van der Waals surface area contributed by atoms with E-state index in [1.807, 2.05) is 11.6 Å². The molecule has 1 aromatic rings. The van der Waals surface area contributed by atoms with Crippen molar-refractivity contribution >= 4 is 11.3 Å². The van der Waals surface area contributed by atoms with E-state index in [1.165, 1.54) is 0 Å². The van der Waals surface area contributed by atoms with E-state index in [-0.39, 0.29) is 11.5 Å². The van der Waals surface area contributed by atoms with Gasteiger partial charge < -0.3 is 5.11 Å². The molecular formula is C10H16N2OS. The molecule has 1 atom stereocenters. The molecule has 0 radical (unpaired) electrons. The van der Waals surface area contributed by atoms with E-state index in [4.69, 9.17) is 0 Å². The van der Waals surface area contributed by atoms with Crippen molar-refractivity contribution in [1.82, 2.24) is 9.88 Å². The molecule has 2 heterocycles. The van der Waals surface area contributed by atoms with Gasteiger partial charge in [-0.1, -0.05) is 13.8 Å². The number of nitrogens with zero attached hydrogens (tertiary/aromatic N) is 2. The molecule has 0 aromatic carbocycles. The van der Waals surface area contributed by atoms with E-state index in [1.54, 1.807) is 11.3 Å². The molecule has 0 amide bonds. The molecule has 1 aromatic heterocycles. The molecule has 0 bridgehead atoms. The molecule has 4 heteroatoms. The molecule has 1 fully saturated rings. The molecule has 0 spiro atoms. The third-order valence-corrected chi connectivity index (χ3v) is 3.57. The summed E-state index contributed by atoms with van der Waals surface area (Å²) in [5.74, 6) is 0. The average molecular weight is 212 g/mol. The van der Waals surface area contributed by atoms with Crippen LogP contribution in [0.15, 0.2) is 11.6 Å². The molecule has 1 N–H and O–H groups in total. The highest BCUT2D eigenvalue weighted by Gasteiger charge is 2.37. The Labute approximate surface area is 88.4 Å². The highest BCUT2D eigenvalue weighted by Crippen LogP contribution is 2.30. The van der Waals surface area contributed by atoms with Gasteiger partial charge in [-0.2, -0.15) is 0 Å². The van der Waals surface area contributed by atoms with Gasteiger partial charge in [-0.3, -0.25) is 4.90 Å². The SMILES string of the molecule is CC1(C)CN(Cc2nccs2)CC1O. The summed E-state index contributed by atoms with van der Waals surface area (Å²) < 4.78 is 0. The summed E-state index contributed by atoms with van der Waals surface area (Å²) >= 11 is 1.68. The third kappa shape index (κ3) is 1.97. The first-order valence-electron chi connectivity index (χ1n) is 4.87. The van der Waals surface area contributed by atoms with Crippen LogP contribution in [0.4, 0.5) is 0 Å². The Morgan fingerprint density at radius 1 is 1.71 bits per heavy atom. The number of hydrogen-bond donors (Lipinski definition) is 1. The monoisotopic (exact) mass is 212 g/mol. The highest BCUT2D eigenvalue weighted by molar-refractivity contribution is 7.09. The summed E-state index contributed by atoms with van der Waals surface area (Å²) in [5, 5.41) is 12.9. The van der Waals surface area contributed by atoms with Crippen molar-refractivity contribution in [3.8, 4) is 0 Å². The second-order valence-electron chi connectivity index (χ2n) is 4.60. The van der Waals surface area contributed by atoms with Crippen LogP contribution < -0.4 is 0 Å². The fourth-order valence-corrected chi connectivity index (χ4v) is 2.54. The van der Waals surface area contributed by atoms with Crippen LogP contribution in [0, 0.1) is 5.41 Å². The lowest BCUT2D eigenvalue weighted by Crippen LogP contribution is -2.26. The number of aliphatic hydroxyl groups is 1. The van der Waals surface area contributed by atoms with Gasteiger partial charge in [-0.05, 0) is 0 Å². The molecule has 1 unspecified atom stereocenters. The van der Waals surface area contributed by atoms with Crippen molar-refractivity contribution in [2.45, 2.75) is 26.5 Å². The molecule has 1 aliphatic rings. The van der Waals surface area contributed by atoms with Gasteiger partial charge in [0.2, 0.25) is 0 Å². The van der Waals surface area contributed by atoms with Crippen molar-refractivity contribution in [2.75, 3.05) is 13.1 Å². The van der Waals surface area contributed by atoms with Gasteiger partial charge in [0.25, 0.3) is 0 Å². The number of rotatable bonds is 2. The predicted molar refractivity (Wildman–Crippen MR) is 57.2 cm³/mol. The standard InChI is InChI=1S/C10H16N2OS/c1-10(2)7-12(5-8(10)13)6-9-11-3-4-14-9/h3-4,8,13H,5-7H2,1-2H3. The third-order valence-electron chi connectivity index (χ3n) is 2.81. The van der Waals surface area contributed by atoms with Crippen LogP contribution in [-0.2, 0) is 6.54 Å². The number of thiazole rings is 1. The van der Waals surface area contributed by atoms with Gasteiger partial charge in [0, 0.05) is 30.1 Å². The fraction of sp³-hybridized carbons (Fsp3) is 0.700. The predicted octanol–water partition coefficient (Wildman–Crippen LogP) is 1.35. The Hall–Kier alpha value is -0.450. The van der Waals surface area contributed by atoms with E-state index in [2.05, 4.69) is 23.7 Å². The second kappa shape index (κ2) is 3.61. The summed E-state index contributed by atoms with van der Waals surface area (Å²) in [7, 11) is 0. The zero-order valence-corrected chi connectivity index (χ0v) is 9.42. The first kappa shape index (κ1) is 10.1. The molecule has 3 nitrogen and oxygen atoms in total. The lowest BCUT2D eigenvalue weighted by molar-refractivity contribution is 0.0954. The molecule has 14 heavy (non-hydrogen) atoms. The Morgan fingerprint density at radius 2 is 2.50 bits per heavy atom. The lowest BCUT2D eigenvalue weighted by Gasteiger charge is -2.20.